The maximum absolute atomic E-state index is 9.82. The van der Waals surface area contributed by atoms with Crippen LogP contribution in [0.4, 0.5) is 0 Å². The van der Waals surface area contributed by atoms with Crippen LogP contribution in [0.3, 0.4) is 0 Å². The molecule has 2 aromatic rings. The molecule has 0 fully saturated rings. The molecule has 0 amide bonds. The molecular formula is C12H12N2OS. The summed E-state index contributed by atoms with van der Waals surface area (Å²) in [5.74, 6) is 2.45. The van der Waals surface area contributed by atoms with Crippen molar-refractivity contribution in [3.63, 3.8) is 0 Å². The summed E-state index contributed by atoms with van der Waals surface area (Å²) in [6.45, 7) is 0. The van der Waals surface area contributed by atoms with Crippen LogP contribution in [0.2, 0.25) is 0 Å². The second kappa shape index (κ2) is 3.87. The van der Waals surface area contributed by atoms with Crippen molar-refractivity contribution in [2.24, 2.45) is 0 Å². The average molecular weight is 232 g/mol. The first-order chi connectivity index (χ1) is 7.86. The van der Waals surface area contributed by atoms with E-state index < -0.39 is 0 Å². The van der Waals surface area contributed by atoms with Crippen LogP contribution in [-0.4, -0.2) is 20.6 Å². The standard InChI is InChI=1S/C12H12N2OS/c15-12-4-2-1-3-11(12)14-10-5-6-16-8-9(10)7-13-14/h1-4,7,15H,5-6,8H2. The molecule has 4 heteroatoms. The average Bonchev–Trinajstić information content (AvgIpc) is 2.74. The van der Waals surface area contributed by atoms with Crippen LogP contribution in [0.1, 0.15) is 11.3 Å². The first kappa shape index (κ1) is 9.78. The molecule has 0 radical (unpaired) electrons. The zero-order chi connectivity index (χ0) is 11.0. The van der Waals surface area contributed by atoms with Gasteiger partial charge in [0.2, 0.25) is 0 Å². The third-order valence-electron chi connectivity index (χ3n) is 2.81. The highest BCUT2D eigenvalue weighted by molar-refractivity contribution is 7.98. The van der Waals surface area contributed by atoms with Crippen LogP contribution in [0.5, 0.6) is 5.75 Å². The van der Waals surface area contributed by atoms with Crippen LogP contribution in [-0.2, 0) is 12.2 Å². The molecule has 2 heterocycles. The molecule has 16 heavy (non-hydrogen) atoms. The molecule has 3 rings (SSSR count). The van der Waals surface area contributed by atoms with E-state index >= 15 is 0 Å². The fraction of sp³-hybridized carbons (Fsp3) is 0.250. The molecule has 1 N–H and O–H groups in total. The molecule has 0 unspecified atom stereocenters. The van der Waals surface area contributed by atoms with Gasteiger partial charge >= 0.3 is 0 Å². The minimum Gasteiger partial charge on any atom is -0.506 e. The largest absolute Gasteiger partial charge is 0.506 e. The number of rotatable bonds is 1. The van der Waals surface area contributed by atoms with Crippen molar-refractivity contribution in [3.05, 3.63) is 41.7 Å². The van der Waals surface area contributed by atoms with Gasteiger partial charge in [0.05, 0.1) is 6.20 Å². The molecule has 1 aliphatic rings. The Balaban J connectivity index is 2.13. The molecular weight excluding hydrogens is 220 g/mol. The Hall–Kier alpha value is -1.42. The van der Waals surface area contributed by atoms with E-state index in [0.717, 1.165) is 23.6 Å². The molecule has 0 saturated carbocycles. The van der Waals surface area contributed by atoms with Gasteiger partial charge in [-0.15, -0.1) is 0 Å². The minimum atomic E-state index is 0.284. The molecule has 0 aliphatic carbocycles. The van der Waals surface area contributed by atoms with Crippen molar-refractivity contribution < 1.29 is 5.11 Å². The van der Waals surface area contributed by atoms with Gasteiger partial charge in [-0.3, -0.25) is 0 Å². The second-order valence-electron chi connectivity index (χ2n) is 3.82. The van der Waals surface area contributed by atoms with E-state index in [1.165, 1.54) is 11.3 Å². The van der Waals surface area contributed by atoms with Crippen molar-refractivity contribution in [2.75, 3.05) is 5.75 Å². The first-order valence-corrected chi connectivity index (χ1v) is 6.43. The van der Waals surface area contributed by atoms with Crippen LogP contribution in [0.25, 0.3) is 5.69 Å². The number of hydrogen-bond acceptors (Lipinski definition) is 3. The maximum atomic E-state index is 9.82. The quantitative estimate of drug-likeness (QED) is 0.820. The van der Waals surface area contributed by atoms with Gasteiger partial charge in [0.15, 0.2) is 0 Å². The summed E-state index contributed by atoms with van der Waals surface area (Å²) >= 11 is 1.93. The number of fused-ring (bicyclic) bond motifs is 1. The second-order valence-corrected chi connectivity index (χ2v) is 4.92. The first-order valence-electron chi connectivity index (χ1n) is 5.28. The summed E-state index contributed by atoms with van der Waals surface area (Å²) in [5, 5.41) is 14.2. The summed E-state index contributed by atoms with van der Waals surface area (Å²) in [4.78, 5) is 0. The number of thioether (sulfide) groups is 1. The summed E-state index contributed by atoms with van der Waals surface area (Å²) in [6, 6.07) is 7.33. The van der Waals surface area contributed by atoms with E-state index in [1.807, 2.05) is 40.8 Å². The third-order valence-corrected chi connectivity index (χ3v) is 3.81. The predicted molar refractivity (Wildman–Crippen MR) is 65.1 cm³/mol. The molecule has 0 spiro atoms. The molecule has 0 saturated heterocycles. The van der Waals surface area contributed by atoms with Gasteiger partial charge in [0.1, 0.15) is 11.4 Å². The number of benzene rings is 1. The Kier molecular flexibility index (Phi) is 2.36. The van der Waals surface area contributed by atoms with E-state index in [1.54, 1.807) is 6.07 Å². The van der Waals surface area contributed by atoms with Crippen LogP contribution in [0.15, 0.2) is 30.5 Å². The smallest absolute Gasteiger partial charge is 0.141 e. The van der Waals surface area contributed by atoms with Gasteiger partial charge in [0, 0.05) is 17.0 Å². The highest BCUT2D eigenvalue weighted by Gasteiger charge is 2.17. The van der Waals surface area contributed by atoms with Gasteiger partial charge in [-0.25, -0.2) is 4.68 Å². The van der Waals surface area contributed by atoms with Gasteiger partial charge < -0.3 is 5.11 Å². The molecule has 0 atom stereocenters. The Labute approximate surface area is 98.1 Å². The molecule has 0 bridgehead atoms. The fourth-order valence-corrected chi connectivity index (χ4v) is 2.94. The van der Waals surface area contributed by atoms with Crippen molar-refractivity contribution in [2.45, 2.75) is 12.2 Å². The number of aromatic hydroxyl groups is 1. The van der Waals surface area contributed by atoms with E-state index in [2.05, 4.69) is 5.10 Å². The Morgan fingerprint density at radius 3 is 3.06 bits per heavy atom. The van der Waals surface area contributed by atoms with Crippen molar-refractivity contribution in [1.29, 1.82) is 0 Å². The molecule has 82 valence electrons. The van der Waals surface area contributed by atoms with Crippen LogP contribution in [0, 0.1) is 0 Å². The zero-order valence-corrected chi connectivity index (χ0v) is 9.57. The lowest BCUT2D eigenvalue weighted by Gasteiger charge is -2.14. The zero-order valence-electron chi connectivity index (χ0n) is 8.76. The van der Waals surface area contributed by atoms with Crippen molar-refractivity contribution in [1.82, 2.24) is 9.78 Å². The highest BCUT2D eigenvalue weighted by Crippen LogP contribution is 2.28. The van der Waals surface area contributed by atoms with Gasteiger partial charge in [-0.1, -0.05) is 12.1 Å². The van der Waals surface area contributed by atoms with Gasteiger partial charge in [-0.2, -0.15) is 16.9 Å². The lowest BCUT2D eigenvalue weighted by Crippen LogP contribution is -2.08. The van der Waals surface area contributed by atoms with Crippen molar-refractivity contribution in [3.8, 4) is 11.4 Å². The number of phenolic OH excluding ortho intramolecular Hbond substituents is 1. The van der Waals surface area contributed by atoms with E-state index in [4.69, 9.17) is 0 Å². The molecule has 1 aromatic heterocycles. The summed E-state index contributed by atoms with van der Waals surface area (Å²) in [5.41, 5.74) is 3.30. The Bertz CT molecular complexity index is 521. The normalized spacial score (nSPS) is 14.8. The Morgan fingerprint density at radius 1 is 1.31 bits per heavy atom. The van der Waals surface area contributed by atoms with E-state index in [-0.39, 0.29) is 5.75 Å². The van der Waals surface area contributed by atoms with Crippen molar-refractivity contribution >= 4 is 11.8 Å². The fourth-order valence-electron chi connectivity index (χ4n) is 2.00. The Morgan fingerprint density at radius 2 is 2.19 bits per heavy atom. The van der Waals surface area contributed by atoms with Crippen LogP contribution < -0.4 is 0 Å². The SMILES string of the molecule is Oc1ccccc1-n1ncc2c1CCSC2. The number of phenols is 1. The number of para-hydroxylation sites is 2. The van der Waals surface area contributed by atoms with Crippen LogP contribution >= 0.6 is 11.8 Å². The predicted octanol–water partition coefficient (Wildman–Crippen LogP) is 2.37. The summed E-state index contributed by atoms with van der Waals surface area (Å²) < 4.78 is 1.87. The lowest BCUT2D eigenvalue weighted by atomic mass is 10.2. The monoisotopic (exact) mass is 232 g/mol. The highest BCUT2D eigenvalue weighted by atomic mass is 32.2. The van der Waals surface area contributed by atoms with Gasteiger partial charge in [-0.05, 0) is 24.3 Å². The topological polar surface area (TPSA) is 38.0 Å². The van der Waals surface area contributed by atoms with Gasteiger partial charge in [0.25, 0.3) is 0 Å². The molecule has 1 aliphatic heterocycles. The van der Waals surface area contributed by atoms with E-state index in [9.17, 15) is 5.11 Å². The maximum Gasteiger partial charge on any atom is 0.141 e. The van der Waals surface area contributed by atoms with E-state index in [0.29, 0.717) is 0 Å². The molecule has 3 nitrogen and oxygen atoms in total. The summed E-state index contributed by atoms with van der Waals surface area (Å²) in [6.07, 6.45) is 2.93. The number of hydrogen-bond donors (Lipinski definition) is 1. The lowest BCUT2D eigenvalue weighted by molar-refractivity contribution is 0.469. The third kappa shape index (κ3) is 1.50. The molecule has 1 aromatic carbocycles. The minimum absolute atomic E-state index is 0.284. The summed E-state index contributed by atoms with van der Waals surface area (Å²) in [7, 11) is 0. The number of aromatic nitrogens is 2. The number of nitrogens with zero attached hydrogens (tertiary/aromatic N) is 2.